The molecule has 3 amide bonds. The van der Waals surface area contributed by atoms with Gasteiger partial charge < -0.3 is 0 Å². The summed E-state index contributed by atoms with van der Waals surface area (Å²) in [5, 5.41) is 0.528. The SMILES string of the molecule is CC(=O)c1cccc(N(CN2C(=O)C3C4C=CC(C5CC45)C3C2=O)C(=O)c2ccc(Cl)c(Cl)c2)c1. The van der Waals surface area contributed by atoms with Crippen molar-refractivity contribution in [3.8, 4) is 0 Å². The molecule has 2 aromatic carbocycles. The van der Waals surface area contributed by atoms with Crippen LogP contribution in [0.4, 0.5) is 5.69 Å². The number of rotatable bonds is 5. The Bertz CT molecular complexity index is 1300. The molecule has 1 aliphatic heterocycles. The van der Waals surface area contributed by atoms with Gasteiger partial charge in [0.2, 0.25) is 11.8 Å². The van der Waals surface area contributed by atoms with E-state index in [9.17, 15) is 19.2 Å². The van der Waals surface area contributed by atoms with E-state index in [1.54, 1.807) is 30.3 Å². The van der Waals surface area contributed by atoms with Gasteiger partial charge in [-0.25, -0.2) is 0 Å². The monoisotopic (exact) mass is 508 g/mol. The van der Waals surface area contributed by atoms with E-state index in [0.29, 0.717) is 28.1 Å². The first kappa shape index (κ1) is 22.5. The number of amides is 3. The molecular formula is C27H22Cl2N2O4. The van der Waals surface area contributed by atoms with Crippen molar-refractivity contribution in [1.82, 2.24) is 4.90 Å². The lowest BCUT2D eigenvalue weighted by Crippen LogP contribution is -2.45. The molecule has 6 atom stereocenters. The molecule has 0 radical (unpaired) electrons. The number of halogens is 2. The number of anilines is 1. The first-order valence-corrected chi connectivity index (χ1v) is 12.4. The molecule has 6 unspecified atom stereocenters. The molecule has 2 saturated carbocycles. The molecule has 8 heteroatoms. The van der Waals surface area contributed by atoms with Gasteiger partial charge in [0.05, 0.1) is 21.9 Å². The van der Waals surface area contributed by atoms with Gasteiger partial charge >= 0.3 is 0 Å². The van der Waals surface area contributed by atoms with E-state index in [4.69, 9.17) is 23.2 Å². The van der Waals surface area contributed by atoms with Crippen molar-refractivity contribution in [2.45, 2.75) is 13.3 Å². The van der Waals surface area contributed by atoms with Crippen LogP contribution < -0.4 is 4.90 Å². The second-order valence-electron chi connectivity index (χ2n) is 9.87. The van der Waals surface area contributed by atoms with Gasteiger partial charge in [0.25, 0.3) is 5.91 Å². The van der Waals surface area contributed by atoms with Gasteiger partial charge in [-0.1, -0.05) is 47.5 Å². The Balaban J connectivity index is 1.37. The van der Waals surface area contributed by atoms with Gasteiger partial charge in [-0.3, -0.25) is 29.0 Å². The van der Waals surface area contributed by atoms with Crippen LogP contribution in [-0.4, -0.2) is 35.1 Å². The van der Waals surface area contributed by atoms with E-state index >= 15 is 0 Å². The minimum atomic E-state index is -0.455. The summed E-state index contributed by atoms with van der Waals surface area (Å²) in [7, 11) is 0. The van der Waals surface area contributed by atoms with E-state index in [1.807, 2.05) is 0 Å². The van der Waals surface area contributed by atoms with Crippen LogP contribution in [0.3, 0.4) is 0 Å². The summed E-state index contributed by atoms with van der Waals surface area (Å²) >= 11 is 12.2. The van der Waals surface area contributed by atoms with Crippen molar-refractivity contribution in [2.75, 3.05) is 11.6 Å². The predicted octanol–water partition coefficient (Wildman–Crippen LogP) is 4.85. The molecule has 5 aliphatic rings. The fourth-order valence-electron chi connectivity index (χ4n) is 6.24. The number of benzene rings is 2. The Hall–Kier alpha value is -2.96. The van der Waals surface area contributed by atoms with Crippen LogP contribution in [0.1, 0.15) is 34.1 Å². The second-order valence-corrected chi connectivity index (χ2v) is 10.7. The van der Waals surface area contributed by atoms with E-state index in [1.165, 1.54) is 28.9 Å². The summed E-state index contributed by atoms with van der Waals surface area (Å²) in [6.45, 7) is 1.20. The molecule has 2 aromatic rings. The standard InChI is InChI=1S/C27H22Cl2N2O4/c1-13(32)14-3-2-4-16(9-14)30(25(33)15-5-8-21(28)22(29)10-15)12-31-26(34)23-17-6-7-18(20-11-19(17)20)24(23)27(31)35/h2-10,17-20,23-24H,11-12H2,1H3. The molecule has 1 heterocycles. The van der Waals surface area contributed by atoms with Crippen molar-refractivity contribution in [1.29, 1.82) is 0 Å². The summed E-state index contributed by atoms with van der Waals surface area (Å²) in [6, 6.07) is 11.1. The number of nitrogens with zero attached hydrogens (tertiary/aromatic N) is 2. The first-order chi connectivity index (χ1) is 16.8. The van der Waals surface area contributed by atoms with Crippen molar-refractivity contribution >= 4 is 52.4 Å². The topological polar surface area (TPSA) is 74.8 Å². The fourth-order valence-corrected chi connectivity index (χ4v) is 6.54. The van der Waals surface area contributed by atoms with Crippen LogP contribution in [0.15, 0.2) is 54.6 Å². The Kier molecular flexibility index (Phi) is 5.17. The molecule has 0 spiro atoms. The summed E-state index contributed by atoms with van der Waals surface area (Å²) in [5.41, 5.74) is 1.09. The maximum absolute atomic E-state index is 13.7. The highest BCUT2D eigenvalue weighted by molar-refractivity contribution is 6.42. The minimum absolute atomic E-state index is 0.0942. The minimum Gasteiger partial charge on any atom is -0.295 e. The number of Topliss-reactive ketones (excluding diaryl/α,β-unsaturated/α-hetero) is 1. The molecular weight excluding hydrogens is 487 g/mol. The van der Waals surface area contributed by atoms with Gasteiger partial charge in [-0.05, 0) is 67.3 Å². The second kappa shape index (κ2) is 8.04. The van der Waals surface area contributed by atoms with Crippen LogP contribution in [-0.2, 0) is 9.59 Å². The van der Waals surface area contributed by atoms with Gasteiger partial charge in [0.1, 0.15) is 6.67 Å². The Morgan fingerprint density at radius 1 is 0.914 bits per heavy atom. The molecule has 3 fully saturated rings. The van der Waals surface area contributed by atoms with Crippen LogP contribution >= 0.6 is 23.2 Å². The molecule has 178 valence electrons. The summed E-state index contributed by atoms with van der Waals surface area (Å²) in [5.74, 6) is -0.599. The Labute approximate surface area is 212 Å². The molecule has 0 aromatic heterocycles. The number of carbonyl (C=O) groups excluding carboxylic acids is 4. The molecule has 6 nitrogen and oxygen atoms in total. The zero-order valence-corrected chi connectivity index (χ0v) is 20.4. The highest BCUT2D eigenvalue weighted by atomic mass is 35.5. The quantitative estimate of drug-likeness (QED) is 0.328. The maximum atomic E-state index is 13.7. The van der Waals surface area contributed by atoms with E-state index in [0.717, 1.165) is 6.42 Å². The Morgan fingerprint density at radius 3 is 2.17 bits per heavy atom. The Morgan fingerprint density at radius 2 is 1.57 bits per heavy atom. The molecule has 2 bridgehead atoms. The van der Waals surface area contributed by atoms with Gasteiger partial charge in [-0.15, -0.1) is 0 Å². The van der Waals surface area contributed by atoms with E-state index in [2.05, 4.69) is 12.2 Å². The number of likely N-dealkylation sites (tertiary alicyclic amines) is 1. The molecule has 7 rings (SSSR count). The van der Waals surface area contributed by atoms with Crippen molar-refractivity contribution in [3.63, 3.8) is 0 Å². The number of ketones is 1. The molecule has 4 aliphatic carbocycles. The molecule has 1 saturated heterocycles. The number of hydrogen-bond donors (Lipinski definition) is 0. The van der Waals surface area contributed by atoms with Gasteiger partial charge in [0.15, 0.2) is 5.78 Å². The van der Waals surface area contributed by atoms with Crippen LogP contribution in [0.25, 0.3) is 0 Å². The van der Waals surface area contributed by atoms with Crippen LogP contribution in [0.2, 0.25) is 10.0 Å². The number of carbonyl (C=O) groups is 4. The van der Waals surface area contributed by atoms with Crippen molar-refractivity contribution in [2.24, 2.45) is 35.5 Å². The van der Waals surface area contributed by atoms with Crippen molar-refractivity contribution < 1.29 is 19.2 Å². The zero-order chi connectivity index (χ0) is 24.6. The average molecular weight is 509 g/mol. The van der Waals surface area contributed by atoms with E-state index < -0.39 is 5.91 Å². The van der Waals surface area contributed by atoms with Crippen LogP contribution in [0.5, 0.6) is 0 Å². The lowest BCUT2D eigenvalue weighted by molar-refractivity contribution is -0.140. The van der Waals surface area contributed by atoms with E-state index in [-0.39, 0.29) is 58.5 Å². The summed E-state index contributed by atoms with van der Waals surface area (Å²) in [4.78, 5) is 55.4. The maximum Gasteiger partial charge on any atom is 0.259 e. The lowest BCUT2D eigenvalue weighted by atomic mass is 9.63. The zero-order valence-electron chi connectivity index (χ0n) is 18.9. The normalized spacial score (nSPS) is 29.7. The number of allylic oxidation sites excluding steroid dienone is 2. The van der Waals surface area contributed by atoms with Crippen LogP contribution in [0, 0.1) is 35.5 Å². The summed E-state index contributed by atoms with van der Waals surface area (Å²) in [6.07, 6.45) is 5.31. The van der Waals surface area contributed by atoms with Crippen molar-refractivity contribution in [3.05, 3.63) is 75.8 Å². The highest BCUT2D eigenvalue weighted by Gasteiger charge is 2.67. The number of hydrogen-bond acceptors (Lipinski definition) is 4. The lowest BCUT2D eigenvalue weighted by Gasteiger charge is -2.37. The molecule has 0 N–H and O–H groups in total. The fraction of sp³-hybridized carbons (Fsp3) is 0.333. The third-order valence-electron chi connectivity index (χ3n) is 8.01. The third kappa shape index (κ3) is 3.46. The first-order valence-electron chi connectivity index (χ1n) is 11.7. The largest absolute Gasteiger partial charge is 0.295 e. The average Bonchev–Trinajstić information content (AvgIpc) is 3.64. The smallest absolute Gasteiger partial charge is 0.259 e. The number of imide groups is 1. The molecule has 35 heavy (non-hydrogen) atoms. The third-order valence-corrected chi connectivity index (χ3v) is 8.75. The summed E-state index contributed by atoms with van der Waals surface area (Å²) < 4.78 is 0. The van der Waals surface area contributed by atoms with Gasteiger partial charge in [-0.2, -0.15) is 0 Å². The van der Waals surface area contributed by atoms with Gasteiger partial charge in [0, 0.05) is 16.8 Å². The predicted molar refractivity (Wildman–Crippen MR) is 131 cm³/mol. The highest BCUT2D eigenvalue weighted by Crippen LogP contribution is 2.65.